The SMILES string of the molecule is COC(=O)CN(C)C(=O)N1CCCC(C(C)(C)C(=O)O)C1. The van der Waals surface area contributed by atoms with Crippen LogP contribution in [0.3, 0.4) is 0 Å². The molecule has 1 fully saturated rings. The normalized spacial score (nSPS) is 19.0. The number of likely N-dealkylation sites (N-methyl/N-ethyl adjacent to an activating group) is 1. The van der Waals surface area contributed by atoms with Crippen molar-refractivity contribution in [2.24, 2.45) is 11.3 Å². The summed E-state index contributed by atoms with van der Waals surface area (Å²) in [5, 5.41) is 9.30. The number of amides is 2. The third kappa shape index (κ3) is 4.09. The summed E-state index contributed by atoms with van der Waals surface area (Å²) in [6.45, 7) is 4.23. The molecular formula is C14H24N2O5. The summed E-state index contributed by atoms with van der Waals surface area (Å²) in [6.07, 6.45) is 1.54. The highest BCUT2D eigenvalue weighted by Crippen LogP contribution is 2.34. The first-order valence-corrected chi connectivity index (χ1v) is 7.00. The van der Waals surface area contributed by atoms with Crippen LogP contribution in [-0.4, -0.2) is 66.7 Å². The van der Waals surface area contributed by atoms with E-state index in [2.05, 4.69) is 4.74 Å². The molecule has 0 saturated carbocycles. The quantitative estimate of drug-likeness (QED) is 0.784. The molecule has 1 unspecified atom stereocenters. The number of urea groups is 1. The lowest BCUT2D eigenvalue weighted by atomic mass is 9.74. The van der Waals surface area contributed by atoms with E-state index in [9.17, 15) is 19.5 Å². The number of rotatable bonds is 4. The van der Waals surface area contributed by atoms with E-state index in [0.717, 1.165) is 12.8 Å². The molecule has 1 aliphatic rings. The van der Waals surface area contributed by atoms with E-state index >= 15 is 0 Å². The van der Waals surface area contributed by atoms with E-state index < -0.39 is 17.4 Å². The molecule has 1 atom stereocenters. The summed E-state index contributed by atoms with van der Waals surface area (Å²) in [5.41, 5.74) is -0.875. The summed E-state index contributed by atoms with van der Waals surface area (Å²) in [7, 11) is 2.80. The Morgan fingerprint density at radius 2 is 2.00 bits per heavy atom. The number of carbonyl (C=O) groups excluding carboxylic acids is 2. The van der Waals surface area contributed by atoms with Crippen molar-refractivity contribution >= 4 is 18.0 Å². The Kier molecular flexibility index (Phi) is 5.57. The summed E-state index contributed by atoms with van der Waals surface area (Å²) in [5.74, 6) is -1.44. The van der Waals surface area contributed by atoms with Crippen LogP contribution in [0.1, 0.15) is 26.7 Å². The second-order valence-electron chi connectivity index (χ2n) is 6.03. The molecule has 0 aliphatic carbocycles. The van der Waals surface area contributed by atoms with Crippen molar-refractivity contribution in [2.75, 3.05) is 33.8 Å². The second-order valence-corrected chi connectivity index (χ2v) is 6.03. The zero-order chi connectivity index (χ0) is 16.2. The van der Waals surface area contributed by atoms with Gasteiger partial charge in [0.15, 0.2) is 0 Å². The maximum Gasteiger partial charge on any atom is 0.325 e. The monoisotopic (exact) mass is 300 g/mol. The minimum absolute atomic E-state index is 0.0979. The Morgan fingerprint density at radius 3 is 2.52 bits per heavy atom. The molecule has 1 N–H and O–H groups in total. The number of hydrogen-bond acceptors (Lipinski definition) is 4. The molecule has 0 aromatic heterocycles. The minimum atomic E-state index is -0.875. The third-order valence-electron chi connectivity index (χ3n) is 4.18. The number of carboxylic acids is 1. The average molecular weight is 300 g/mol. The number of esters is 1. The van der Waals surface area contributed by atoms with Crippen molar-refractivity contribution in [1.82, 2.24) is 9.80 Å². The smallest absolute Gasteiger partial charge is 0.325 e. The Morgan fingerprint density at radius 1 is 1.38 bits per heavy atom. The Labute approximate surface area is 124 Å². The van der Waals surface area contributed by atoms with Crippen LogP contribution in [0.4, 0.5) is 4.79 Å². The minimum Gasteiger partial charge on any atom is -0.481 e. The van der Waals surface area contributed by atoms with Gasteiger partial charge in [0.1, 0.15) is 6.54 Å². The highest BCUT2D eigenvalue weighted by molar-refractivity contribution is 5.81. The van der Waals surface area contributed by atoms with Crippen LogP contribution in [0.2, 0.25) is 0 Å². The van der Waals surface area contributed by atoms with Gasteiger partial charge in [0.25, 0.3) is 0 Å². The van der Waals surface area contributed by atoms with Crippen molar-refractivity contribution in [3.05, 3.63) is 0 Å². The van der Waals surface area contributed by atoms with E-state index in [4.69, 9.17) is 0 Å². The summed E-state index contributed by atoms with van der Waals surface area (Å²) >= 11 is 0. The van der Waals surface area contributed by atoms with Gasteiger partial charge in [-0.1, -0.05) is 0 Å². The van der Waals surface area contributed by atoms with Crippen molar-refractivity contribution in [3.8, 4) is 0 Å². The van der Waals surface area contributed by atoms with E-state index in [1.165, 1.54) is 19.1 Å². The van der Waals surface area contributed by atoms with E-state index in [-0.39, 0.29) is 18.5 Å². The third-order valence-corrected chi connectivity index (χ3v) is 4.18. The number of carboxylic acid groups (broad SMARTS) is 1. The molecule has 0 aromatic carbocycles. The van der Waals surface area contributed by atoms with Crippen molar-refractivity contribution in [1.29, 1.82) is 0 Å². The second kappa shape index (κ2) is 6.78. The number of methoxy groups -OCH3 is 1. The van der Waals surface area contributed by atoms with Gasteiger partial charge in [0, 0.05) is 20.1 Å². The lowest BCUT2D eigenvalue weighted by Crippen LogP contribution is -2.51. The van der Waals surface area contributed by atoms with Crippen LogP contribution in [-0.2, 0) is 14.3 Å². The molecule has 21 heavy (non-hydrogen) atoms. The van der Waals surface area contributed by atoms with Crippen LogP contribution in [0.25, 0.3) is 0 Å². The molecule has 0 spiro atoms. The molecule has 120 valence electrons. The average Bonchev–Trinajstić information content (AvgIpc) is 2.46. The number of hydrogen-bond donors (Lipinski definition) is 1. The Balaban J connectivity index is 2.70. The van der Waals surface area contributed by atoms with E-state index in [0.29, 0.717) is 13.1 Å². The molecule has 0 aromatic rings. The first kappa shape index (κ1) is 17.3. The number of ether oxygens (including phenoxy) is 1. The fraction of sp³-hybridized carbons (Fsp3) is 0.786. The molecular weight excluding hydrogens is 276 g/mol. The lowest BCUT2D eigenvalue weighted by molar-refractivity contribution is -0.151. The number of nitrogens with zero attached hydrogens (tertiary/aromatic N) is 2. The predicted octanol–water partition coefficient (Wildman–Crippen LogP) is 1.03. The molecule has 0 radical (unpaired) electrons. The molecule has 1 rings (SSSR count). The predicted molar refractivity (Wildman–Crippen MR) is 75.8 cm³/mol. The first-order valence-electron chi connectivity index (χ1n) is 7.00. The standard InChI is InChI=1S/C14H24N2O5/c1-14(2,12(18)19)10-6-5-7-16(8-10)13(20)15(3)9-11(17)21-4/h10H,5-9H2,1-4H3,(H,18,19). The molecule has 7 heteroatoms. The van der Waals surface area contributed by atoms with Crippen LogP contribution in [0.15, 0.2) is 0 Å². The van der Waals surface area contributed by atoms with Crippen LogP contribution < -0.4 is 0 Å². The van der Waals surface area contributed by atoms with Gasteiger partial charge in [-0.15, -0.1) is 0 Å². The summed E-state index contributed by atoms with van der Waals surface area (Å²) in [4.78, 5) is 37.7. The molecule has 1 saturated heterocycles. The van der Waals surface area contributed by atoms with Gasteiger partial charge in [-0.3, -0.25) is 9.59 Å². The van der Waals surface area contributed by atoms with Crippen molar-refractivity contribution in [3.63, 3.8) is 0 Å². The molecule has 0 bridgehead atoms. The Hall–Kier alpha value is -1.79. The van der Waals surface area contributed by atoms with Gasteiger partial charge in [0.05, 0.1) is 12.5 Å². The van der Waals surface area contributed by atoms with Gasteiger partial charge in [-0.25, -0.2) is 4.79 Å². The maximum absolute atomic E-state index is 12.3. The van der Waals surface area contributed by atoms with Gasteiger partial charge in [0.2, 0.25) is 0 Å². The summed E-state index contributed by atoms with van der Waals surface area (Å²) in [6, 6.07) is -0.272. The highest BCUT2D eigenvalue weighted by Gasteiger charge is 2.40. The van der Waals surface area contributed by atoms with Gasteiger partial charge < -0.3 is 19.6 Å². The zero-order valence-corrected chi connectivity index (χ0v) is 13.1. The molecule has 7 nitrogen and oxygen atoms in total. The maximum atomic E-state index is 12.3. The number of carbonyl (C=O) groups is 3. The van der Waals surface area contributed by atoms with Gasteiger partial charge in [-0.05, 0) is 32.6 Å². The van der Waals surface area contributed by atoms with Crippen LogP contribution in [0, 0.1) is 11.3 Å². The van der Waals surface area contributed by atoms with Crippen molar-refractivity contribution in [2.45, 2.75) is 26.7 Å². The van der Waals surface area contributed by atoms with Gasteiger partial charge in [-0.2, -0.15) is 0 Å². The fourth-order valence-electron chi connectivity index (χ4n) is 2.48. The number of likely N-dealkylation sites (tertiary alicyclic amines) is 1. The molecule has 1 aliphatic heterocycles. The number of piperidine rings is 1. The highest BCUT2D eigenvalue weighted by atomic mass is 16.5. The van der Waals surface area contributed by atoms with Crippen molar-refractivity contribution < 1.29 is 24.2 Å². The number of aliphatic carboxylic acids is 1. The topological polar surface area (TPSA) is 87.2 Å². The van der Waals surface area contributed by atoms with Crippen LogP contribution >= 0.6 is 0 Å². The first-order chi connectivity index (χ1) is 9.70. The zero-order valence-electron chi connectivity index (χ0n) is 13.1. The Bertz CT molecular complexity index is 422. The van der Waals surface area contributed by atoms with Crippen LogP contribution in [0.5, 0.6) is 0 Å². The van der Waals surface area contributed by atoms with E-state index in [1.807, 2.05) is 0 Å². The fourth-order valence-corrected chi connectivity index (χ4v) is 2.48. The molecule has 1 heterocycles. The lowest BCUT2D eigenvalue weighted by Gasteiger charge is -2.40. The van der Waals surface area contributed by atoms with Gasteiger partial charge >= 0.3 is 18.0 Å². The largest absolute Gasteiger partial charge is 0.481 e. The van der Waals surface area contributed by atoms with E-state index in [1.54, 1.807) is 18.7 Å². The summed E-state index contributed by atoms with van der Waals surface area (Å²) < 4.78 is 4.54. The molecule has 2 amide bonds.